The van der Waals surface area contributed by atoms with Gasteiger partial charge in [0.15, 0.2) is 0 Å². The molecule has 1 heterocycles. The molecule has 2 amide bonds. The van der Waals surface area contributed by atoms with Crippen molar-refractivity contribution >= 4 is 17.5 Å². The monoisotopic (exact) mass is 274 g/mol. The minimum Gasteiger partial charge on any atom is -0.494 e. The zero-order valence-electron chi connectivity index (χ0n) is 11.5. The number of amides is 2. The highest BCUT2D eigenvalue weighted by Gasteiger charge is 2.38. The number of anilines is 1. The second kappa shape index (κ2) is 6.34. The molecule has 0 bridgehead atoms. The molecule has 1 atom stereocenters. The van der Waals surface area contributed by atoms with Crippen LogP contribution in [0.1, 0.15) is 13.3 Å². The number of carbonyl (C=O) groups excluding carboxylic acids is 2. The van der Waals surface area contributed by atoms with Gasteiger partial charge >= 0.3 is 0 Å². The maximum absolute atomic E-state index is 12.2. The van der Waals surface area contributed by atoms with Crippen LogP contribution in [0, 0.1) is 0 Å². The molecular weight excluding hydrogens is 256 g/mol. The predicted molar refractivity (Wildman–Crippen MR) is 76.7 cm³/mol. The normalized spacial score (nSPS) is 18.4. The Balaban J connectivity index is 2.13. The highest BCUT2D eigenvalue weighted by atomic mass is 16.5. The number of benzene rings is 1. The number of hydrogen-bond donors (Lipinski definition) is 1. The van der Waals surface area contributed by atoms with E-state index in [1.165, 1.54) is 4.90 Å². The van der Waals surface area contributed by atoms with Gasteiger partial charge < -0.3 is 10.1 Å². The molecule has 1 aromatic rings. The van der Waals surface area contributed by atoms with E-state index >= 15 is 0 Å². The second-order valence-corrected chi connectivity index (χ2v) is 4.45. The Kier molecular flexibility index (Phi) is 4.53. The molecule has 2 rings (SSSR count). The fourth-order valence-electron chi connectivity index (χ4n) is 2.15. The summed E-state index contributed by atoms with van der Waals surface area (Å²) in [7, 11) is 0. The van der Waals surface area contributed by atoms with Crippen molar-refractivity contribution in [3.63, 3.8) is 0 Å². The van der Waals surface area contributed by atoms with Crippen LogP contribution in [-0.4, -0.2) is 31.0 Å². The molecule has 1 fully saturated rings. The lowest BCUT2D eigenvalue weighted by Gasteiger charge is -2.15. The van der Waals surface area contributed by atoms with Crippen LogP contribution in [0.25, 0.3) is 0 Å². The summed E-state index contributed by atoms with van der Waals surface area (Å²) in [6, 6.07) is 6.48. The third-order valence-electron chi connectivity index (χ3n) is 3.06. The van der Waals surface area contributed by atoms with Crippen LogP contribution in [0.4, 0.5) is 5.69 Å². The summed E-state index contributed by atoms with van der Waals surface area (Å²) < 4.78 is 5.34. The van der Waals surface area contributed by atoms with Crippen LogP contribution in [0.3, 0.4) is 0 Å². The van der Waals surface area contributed by atoms with E-state index in [1.54, 1.807) is 30.3 Å². The molecule has 0 saturated carbocycles. The smallest absolute Gasteiger partial charge is 0.251 e. The van der Waals surface area contributed by atoms with Crippen LogP contribution in [0.15, 0.2) is 36.9 Å². The van der Waals surface area contributed by atoms with E-state index in [4.69, 9.17) is 4.74 Å². The quantitative estimate of drug-likeness (QED) is 0.631. The molecule has 1 N–H and O–H groups in total. The number of carbonyl (C=O) groups is 2. The van der Waals surface area contributed by atoms with E-state index in [9.17, 15) is 9.59 Å². The molecule has 5 nitrogen and oxygen atoms in total. The van der Waals surface area contributed by atoms with Gasteiger partial charge in [-0.25, -0.2) is 4.90 Å². The number of nitrogens with zero attached hydrogens (tertiary/aromatic N) is 1. The van der Waals surface area contributed by atoms with Gasteiger partial charge in [0.1, 0.15) is 5.75 Å². The van der Waals surface area contributed by atoms with E-state index in [1.807, 2.05) is 6.92 Å². The van der Waals surface area contributed by atoms with Crippen LogP contribution in [0.5, 0.6) is 5.75 Å². The Hall–Kier alpha value is -2.14. The minimum absolute atomic E-state index is 0.180. The van der Waals surface area contributed by atoms with Crippen LogP contribution in [0.2, 0.25) is 0 Å². The molecule has 0 aliphatic carbocycles. The van der Waals surface area contributed by atoms with Crippen LogP contribution >= 0.6 is 0 Å². The molecular formula is C15H18N2O3. The van der Waals surface area contributed by atoms with Crippen molar-refractivity contribution in [3.8, 4) is 5.75 Å². The summed E-state index contributed by atoms with van der Waals surface area (Å²) in [5, 5.41) is 2.99. The lowest BCUT2D eigenvalue weighted by molar-refractivity contribution is -0.121. The predicted octanol–water partition coefficient (Wildman–Crippen LogP) is 1.49. The largest absolute Gasteiger partial charge is 0.494 e. The zero-order valence-corrected chi connectivity index (χ0v) is 11.5. The number of imide groups is 1. The summed E-state index contributed by atoms with van der Waals surface area (Å²) in [6.45, 7) is 6.56. The van der Waals surface area contributed by atoms with Crippen molar-refractivity contribution in [1.29, 1.82) is 0 Å². The van der Waals surface area contributed by atoms with Crippen molar-refractivity contribution in [3.05, 3.63) is 36.9 Å². The molecule has 1 aromatic carbocycles. The van der Waals surface area contributed by atoms with Gasteiger partial charge in [-0.05, 0) is 31.2 Å². The maximum atomic E-state index is 12.2. The van der Waals surface area contributed by atoms with E-state index in [2.05, 4.69) is 11.9 Å². The summed E-state index contributed by atoms with van der Waals surface area (Å²) in [5.74, 6) is 0.304. The first kappa shape index (κ1) is 14.3. The highest BCUT2D eigenvalue weighted by Crippen LogP contribution is 2.25. The Bertz CT molecular complexity index is 510. The summed E-state index contributed by atoms with van der Waals surface area (Å²) in [5.41, 5.74) is 0.575. The van der Waals surface area contributed by atoms with E-state index < -0.39 is 6.04 Å². The van der Waals surface area contributed by atoms with Crippen LogP contribution < -0.4 is 15.0 Å². The fraction of sp³-hybridized carbons (Fsp3) is 0.333. The van der Waals surface area contributed by atoms with Gasteiger partial charge in [-0.3, -0.25) is 9.59 Å². The topological polar surface area (TPSA) is 58.6 Å². The Morgan fingerprint density at radius 2 is 2.10 bits per heavy atom. The SMILES string of the molecule is C=CCNC1CC(=O)N(c2ccc(OCC)cc2)C1=O. The molecule has 1 unspecified atom stereocenters. The molecule has 1 aliphatic heterocycles. The molecule has 0 spiro atoms. The third-order valence-corrected chi connectivity index (χ3v) is 3.06. The average molecular weight is 274 g/mol. The van der Waals surface area contributed by atoms with Crippen molar-refractivity contribution in [2.45, 2.75) is 19.4 Å². The highest BCUT2D eigenvalue weighted by molar-refractivity contribution is 6.22. The Morgan fingerprint density at radius 3 is 2.70 bits per heavy atom. The van der Waals surface area contributed by atoms with Crippen molar-refractivity contribution in [2.24, 2.45) is 0 Å². The van der Waals surface area contributed by atoms with E-state index in [0.29, 0.717) is 18.8 Å². The first-order valence-corrected chi connectivity index (χ1v) is 6.61. The standard InChI is InChI=1S/C15H18N2O3/c1-3-9-16-13-10-14(18)17(15(13)19)11-5-7-12(8-6-11)20-4-2/h3,5-8,13,16H,1,4,9-10H2,2H3. The first-order valence-electron chi connectivity index (χ1n) is 6.61. The number of rotatable bonds is 6. The number of ether oxygens (including phenoxy) is 1. The first-order chi connectivity index (χ1) is 9.67. The molecule has 106 valence electrons. The number of hydrogen-bond acceptors (Lipinski definition) is 4. The van der Waals surface area contributed by atoms with Gasteiger partial charge in [-0.1, -0.05) is 6.08 Å². The lowest BCUT2D eigenvalue weighted by atomic mass is 10.2. The Labute approximate surface area is 118 Å². The average Bonchev–Trinajstić information content (AvgIpc) is 2.73. The number of nitrogens with one attached hydrogen (secondary N) is 1. The van der Waals surface area contributed by atoms with Gasteiger partial charge in [0.05, 0.1) is 24.8 Å². The molecule has 0 radical (unpaired) electrons. The van der Waals surface area contributed by atoms with Gasteiger partial charge in [-0.2, -0.15) is 0 Å². The molecule has 5 heteroatoms. The summed E-state index contributed by atoms with van der Waals surface area (Å²) in [4.78, 5) is 25.4. The maximum Gasteiger partial charge on any atom is 0.251 e. The zero-order chi connectivity index (χ0) is 14.5. The van der Waals surface area contributed by atoms with Crippen molar-refractivity contribution in [2.75, 3.05) is 18.1 Å². The van der Waals surface area contributed by atoms with Gasteiger partial charge in [0.2, 0.25) is 5.91 Å². The second-order valence-electron chi connectivity index (χ2n) is 4.45. The molecule has 1 aliphatic rings. The minimum atomic E-state index is -0.466. The molecule has 0 aromatic heterocycles. The third kappa shape index (κ3) is 2.88. The summed E-state index contributed by atoms with van der Waals surface area (Å²) in [6.07, 6.45) is 1.84. The van der Waals surface area contributed by atoms with Crippen molar-refractivity contribution in [1.82, 2.24) is 5.32 Å². The van der Waals surface area contributed by atoms with Gasteiger partial charge in [0, 0.05) is 6.54 Å². The van der Waals surface area contributed by atoms with Crippen molar-refractivity contribution < 1.29 is 14.3 Å². The van der Waals surface area contributed by atoms with Gasteiger partial charge in [-0.15, -0.1) is 6.58 Å². The van der Waals surface area contributed by atoms with Crippen LogP contribution in [-0.2, 0) is 9.59 Å². The van der Waals surface area contributed by atoms with E-state index in [0.717, 1.165) is 5.75 Å². The van der Waals surface area contributed by atoms with E-state index in [-0.39, 0.29) is 18.2 Å². The lowest BCUT2D eigenvalue weighted by Crippen LogP contribution is -2.38. The van der Waals surface area contributed by atoms with Gasteiger partial charge in [0.25, 0.3) is 5.91 Å². The molecule has 20 heavy (non-hydrogen) atoms. The Morgan fingerprint density at radius 1 is 1.40 bits per heavy atom. The molecule has 1 saturated heterocycles. The fourth-order valence-corrected chi connectivity index (χ4v) is 2.15. The summed E-state index contributed by atoms with van der Waals surface area (Å²) >= 11 is 0.